The second-order valence-corrected chi connectivity index (χ2v) is 6.92. The SMILES string of the molecule is CCCCCCCCN(C(=O)Cc1ccc(Cl)cc1)C(CC)C(N)=O. The molecule has 0 bridgehead atoms. The van der Waals surface area contributed by atoms with Gasteiger partial charge in [0.2, 0.25) is 11.8 Å². The Labute approximate surface area is 156 Å². The van der Waals surface area contributed by atoms with Crippen molar-refractivity contribution in [3.05, 3.63) is 34.9 Å². The molecule has 0 radical (unpaired) electrons. The van der Waals surface area contributed by atoms with Crippen molar-refractivity contribution in [2.45, 2.75) is 71.3 Å². The first-order valence-corrected chi connectivity index (χ1v) is 9.70. The predicted molar refractivity (Wildman–Crippen MR) is 104 cm³/mol. The van der Waals surface area contributed by atoms with Gasteiger partial charge in [-0.15, -0.1) is 0 Å². The van der Waals surface area contributed by atoms with Gasteiger partial charge in [0.1, 0.15) is 6.04 Å². The van der Waals surface area contributed by atoms with E-state index in [1.807, 2.05) is 19.1 Å². The number of nitrogens with two attached hydrogens (primary N) is 1. The molecule has 0 saturated heterocycles. The van der Waals surface area contributed by atoms with Gasteiger partial charge in [-0.2, -0.15) is 0 Å². The van der Waals surface area contributed by atoms with Crippen LogP contribution < -0.4 is 5.73 Å². The minimum Gasteiger partial charge on any atom is -0.368 e. The molecule has 0 aliphatic carbocycles. The summed E-state index contributed by atoms with van der Waals surface area (Å²) in [5, 5.41) is 0.642. The van der Waals surface area contributed by atoms with Gasteiger partial charge in [-0.25, -0.2) is 0 Å². The van der Waals surface area contributed by atoms with E-state index >= 15 is 0 Å². The van der Waals surface area contributed by atoms with Crippen LogP contribution in [0.25, 0.3) is 0 Å². The summed E-state index contributed by atoms with van der Waals surface area (Å²) < 4.78 is 0. The lowest BCUT2D eigenvalue weighted by atomic mass is 10.1. The van der Waals surface area contributed by atoms with E-state index in [0.717, 1.165) is 18.4 Å². The van der Waals surface area contributed by atoms with Crippen molar-refractivity contribution < 1.29 is 9.59 Å². The van der Waals surface area contributed by atoms with Crippen LogP contribution in [0.5, 0.6) is 0 Å². The molecule has 0 aliphatic heterocycles. The largest absolute Gasteiger partial charge is 0.368 e. The summed E-state index contributed by atoms with van der Waals surface area (Å²) in [6.45, 7) is 4.66. The van der Waals surface area contributed by atoms with Crippen LogP contribution >= 0.6 is 11.6 Å². The third kappa shape index (κ3) is 7.91. The molecular formula is C20H31ClN2O2. The maximum absolute atomic E-state index is 12.8. The number of carbonyl (C=O) groups excluding carboxylic acids is 2. The van der Waals surface area contributed by atoms with Gasteiger partial charge in [0.25, 0.3) is 0 Å². The maximum atomic E-state index is 12.8. The Morgan fingerprint density at radius 3 is 2.20 bits per heavy atom. The number of benzene rings is 1. The highest BCUT2D eigenvalue weighted by molar-refractivity contribution is 6.30. The molecule has 1 aromatic carbocycles. The number of hydrogen-bond acceptors (Lipinski definition) is 2. The Morgan fingerprint density at radius 2 is 1.64 bits per heavy atom. The lowest BCUT2D eigenvalue weighted by Gasteiger charge is -2.29. The van der Waals surface area contributed by atoms with Crippen LogP contribution in [0.2, 0.25) is 5.02 Å². The van der Waals surface area contributed by atoms with Gasteiger partial charge in [-0.05, 0) is 30.5 Å². The standard InChI is InChI=1S/C20H31ClN2O2/c1-3-5-6-7-8-9-14-23(18(4-2)20(22)25)19(24)15-16-10-12-17(21)13-11-16/h10-13,18H,3-9,14-15H2,1-2H3,(H2,22,25). The van der Waals surface area contributed by atoms with E-state index in [9.17, 15) is 9.59 Å². The molecule has 25 heavy (non-hydrogen) atoms. The normalized spacial score (nSPS) is 12.0. The second kappa shape index (κ2) is 11.9. The lowest BCUT2D eigenvalue weighted by molar-refractivity contribution is -0.139. The van der Waals surface area contributed by atoms with Crippen LogP contribution in [0.15, 0.2) is 24.3 Å². The minimum atomic E-state index is -0.532. The maximum Gasteiger partial charge on any atom is 0.240 e. The van der Waals surface area contributed by atoms with Gasteiger partial charge in [-0.1, -0.05) is 69.7 Å². The Morgan fingerprint density at radius 1 is 1.04 bits per heavy atom. The lowest BCUT2D eigenvalue weighted by Crippen LogP contribution is -2.48. The molecule has 2 N–H and O–H groups in total. The molecule has 0 fully saturated rings. The number of nitrogens with zero attached hydrogens (tertiary/aromatic N) is 1. The third-order valence-corrected chi connectivity index (χ3v) is 4.68. The molecule has 1 atom stereocenters. The van der Waals surface area contributed by atoms with Gasteiger partial charge in [0.05, 0.1) is 6.42 Å². The predicted octanol–water partition coefficient (Wildman–Crippen LogP) is 4.34. The minimum absolute atomic E-state index is 0.0541. The zero-order chi connectivity index (χ0) is 18.7. The van der Waals surface area contributed by atoms with E-state index in [-0.39, 0.29) is 12.3 Å². The van der Waals surface area contributed by atoms with Crippen LogP contribution in [-0.4, -0.2) is 29.3 Å². The monoisotopic (exact) mass is 366 g/mol. The third-order valence-electron chi connectivity index (χ3n) is 4.43. The van der Waals surface area contributed by atoms with Crippen molar-refractivity contribution in [2.24, 2.45) is 5.73 Å². The fourth-order valence-corrected chi connectivity index (χ4v) is 3.10. The molecule has 140 valence electrons. The van der Waals surface area contributed by atoms with E-state index in [4.69, 9.17) is 17.3 Å². The number of rotatable bonds is 12. The van der Waals surface area contributed by atoms with E-state index in [0.29, 0.717) is 18.0 Å². The van der Waals surface area contributed by atoms with Crippen LogP contribution in [-0.2, 0) is 16.0 Å². The van der Waals surface area contributed by atoms with Gasteiger partial charge in [-0.3, -0.25) is 9.59 Å². The number of primary amides is 1. The Balaban J connectivity index is 2.67. The highest BCUT2D eigenvalue weighted by Gasteiger charge is 2.26. The van der Waals surface area contributed by atoms with E-state index < -0.39 is 11.9 Å². The van der Waals surface area contributed by atoms with Gasteiger partial charge in [0.15, 0.2) is 0 Å². The van der Waals surface area contributed by atoms with Crippen LogP contribution in [0.3, 0.4) is 0 Å². The average molecular weight is 367 g/mol. The molecule has 5 heteroatoms. The van der Waals surface area contributed by atoms with E-state index in [1.54, 1.807) is 17.0 Å². The topological polar surface area (TPSA) is 63.4 Å². The number of unbranched alkanes of at least 4 members (excludes halogenated alkanes) is 5. The molecule has 1 aromatic rings. The first kappa shape index (κ1) is 21.5. The molecule has 0 saturated carbocycles. The van der Waals surface area contributed by atoms with Crippen molar-refractivity contribution in [1.82, 2.24) is 4.90 Å². The first-order valence-electron chi connectivity index (χ1n) is 9.32. The molecule has 2 amide bonds. The summed E-state index contributed by atoms with van der Waals surface area (Å²) in [4.78, 5) is 26.2. The fourth-order valence-electron chi connectivity index (χ4n) is 2.97. The van der Waals surface area contributed by atoms with Gasteiger partial charge in [0, 0.05) is 11.6 Å². The molecular weight excluding hydrogens is 336 g/mol. The summed E-state index contributed by atoms with van der Waals surface area (Å²) in [7, 11) is 0. The van der Waals surface area contributed by atoms with Crippen molar-refractivity contribution in [1.29, 1.82) is 0 Å². The summed E-state index contributed by atoms with van der Waals surface area (Å²) >= 11 is 5.89. The average Bonchev–Trinajstić information content (AvgIpc) is 2.58. The number of hydrogen-bond donors (Lipinski definition) is 1. The van der Waals surface area contributed by atoms with Crippen molar-refractivity contribution in [3.8, 4) is 0 Å². The zero-order valence-electron chi connectivity index (χ0n) is 15.5. The number of carbonyl (C=O) groups is 2. The molecule has 4 nitrogen and oxygen atoms in total. The van der Waals surface area contributed by atoms with Gasteiger partial charge < -0.3 is 10.6 Å². The number of halogens is 1. The molecule has 0 spiro atoms. The Kier molecular flexibility index (Phi) is 10.2. The summed E-state index contributed by atoms with van der Waals surface area (Å²) in [6.07, 6.45) is 7.63. The summed E-state index contributed by atoms with van der Waals surface area (Å²) in [5.41, 5.74) is 6.41. The number of amides is 2. The van der Waals surface area contributed by atoms with Crippen LogP contribution in [0.1, 0.15) is 64.4 Å². The molecule has 0 heterocycles. The first-order chi connectivity index (χ1) is 12.0. The molecule has 1 unspecified atom stereocenters. The quantitative estimate of drug-likeness (QED) is 0.559. The summed E-state index contributed by atoms with van der Waals surface area (Å²) in [6, 6.07) is 6.69. The summed E-state index contributed by atoms with van der Waals surface area (Å²) in [5.74, 6) is -0.487. The van der Waals surface area contributed by atoms with E-state index in [1.165, 1.54) is 25.7 Å². The highest BCUT2D eigenvalue weighted by atomic mass is 35.5. The second-order valence-electron chi connectivity index (χ2n) is 6.48. The Bertz CT molecular complexity index is 531. The zero-order valence-corrected chi connectivity index (χ0v) is 16.2. The molecule has 0 aliphatic rings. The van der Waals surface area contributed by atoms with Gasteiger partial charge >= 0.3 is 0 Å². The van der Waals surface area contributed by atoms with Crippen LogP contribution in [0.4, 0.5) is 0 Å². The van der Waals surface area contributed by atoms with Crippen molar-refractivity contribution in [2.75, 3.05) is 6.54 Å². The smallest absolute Gasteiger partial charge is 0.240 e. The fraction of sp³-hybridized carbons (Fsp3) is 0.600. The molecule has 0 aromatic heterocycles. The van der Waals surface area contributed by atoms with Crippen LogP contribution in [0, 0.1) is 0 Å². The van der Waals surface area contributed by atoms with Crippen molar-refractivity contribution in [3.63, 3.8) is 0 Å². The Hall–Kier alpha value is -1.55. The van der Waals surface area contributed by atoms with Crippen molar-refractivity contribution >= 4 is 23.4 Å². The molecule has 1 rings (SSSR count). The highest BCUT2D eigenvalue weighted by Crippen LogP contribution is 2.14. The van der Waals surface area contributed by atoms with E-state index in [2.05, 4.69) is 6.92 Å².